The van der Waals surface area contributed by atoms with E-state index in [9.17, 15) is 9.59 Å². The second-order valence-corrected chi connectivity index (χ2v) is 4.94. The SMILES string of the molecule is COC(=O)NCCN(C(C)=O)c1ccc(Br)cc1C. The number of amides is 2. The molecule has 0 saturated carbocycles. The van der Waals surface area contributed by atoms with Crippen LogP contribution in [0.4, 0.5) is 10.5 Å². The number of ether oxygens (including phenoxy) is 1. The summed E-state index contributed by atoms with van der Waals surface area (Å²) in [5, 5.41) is 2.55. The Labute approximate surface area is 121 Å². The highest BCUT2D eigenvalue weighted by molar-refractivity contribution is 9.10. The predicted molar refractivity (Wildman–Crippen MR) is 77.3 cm³/mol. The minimum absolute atomic E-state index is 0.0721. The summed E-state index contributed by atoms with van der Waals surface area (Å²) < 4.78 is 5.44. The molecule has 1 aromatic carbocycles. The van der Waals surface area contributed by atoms with Crippen molar-refractivity contribution in [3.8, 4) is 0 Å². The number of nitrogens with one attached hydrogen (secondary N) is 1. The highest BCUT2D eigenvalue weighted by Gasteiger charge is 2.14. The third-order valence-corrected chi connectivity index (χ3v) is 3.11. The number of hydrogen-bond acceptors (Lipinski definition) is 3. The minimum Gasteiger partial charge on any atom is -0.453 e. The average Bonchev–Trinajstić information content (AvgIpc) is 2.35. The van der Waals surface area contributed by atoms with E-state index < -0.39 is 6.09 Å². The third kappa shape index (κ3) is 4.55. The van der Waals surface area contributed by atoms with E-state index in [1.54, 1.807) is 4.90 Å². The maximum Gasteiger partial charge on any atom is 0.406 e. The molecule has 0 aliphatic heterocycles. The van der Waals surface area contributed by atoms with Crippen molar-refractivity contribution in [2.24, 2.45) is 0 Å². The van der Waals surface area contributed by atoms with Crippen molar-refractivity contribution in [2.45, 2.75) is 13.8 Å². The molecular formula is C13H17BrN2O3. The number of hydrogen-bond donors (Lipinski definition) is 1. The first-order valence-electron chi connectivity index (χ1n) is 5.81. The van der Waals surface area contributed by atoms with Gasteiger partial charge in [-0.05, 0) is 30.7 Å². The predicted octanol–water partition coefficient (Wildman–Crippen LogP) is 2.47. The smallest absolute Gasteiger partial charge is 0.406 e. The van der Waals surface area contributed by atoms with Gasteiger partial charge in [0.05, 0.1) is 7.11 Å². The van der Waals surface area contributed by atoms with Crippen LogP contribution in [0.15, 0.2) is 22.7 Å². The number of benzene rings is 1. The van der Waals surface area contributed by atoms with E-state index in [1.165, 1.54) is 14.0 Å². The van der Waals surface area contributed by atoms with Crippen LogP contribution in [0, 0.1) is 6.92 Å². The Morgan fingerprint density at radius 1 is 1.42 bits per heavy atom. The van der Waals surface area contributed by atoms with Gasteiger partial charge in [0.25, 0.3) is 0 Å². The van der Waals surface area contributed by atoms with E-state index in [0.717, 1.165) is 15.7 Å². The molecule has 0 heterocycles. The number of rotatable bonds is 4. The van der Waals surface area contributed by atoms with Gasteiger partial charge >= 0.3 is 6.09 Å². The number of carbonyl (C=O) groups is 2. The number of nitrogens with zero attached hydrogens (tertiary/aromatic N) is 1. The minimum atomic E-state index is -0.504. The third-order valence-electron chi connectivity index (χ3n) is 2.62. The molecule has 0 spiro atoms. The molecule has 104 valence electrons. The summed E-state index contributed by atoms with van der Waals surface area (Å²) in [5.41, 5.74) is 1.82. The van der Waals surface area contributed by atoms with Crippen molar-refractivity contribution in [1.82, 2.24) is 5.32 Å². The average molecular weight is 329 g/mol. The second-order valence-electron chi connectivity index (χ2n) is 4.02. The van der Waals surface area contributed by atoms with Crippen LogP contribution >= 0.6 is 15.9 Å². The number of carbonyl (C=O) groups excluding carboxylic acids is 2. The Balaban J connectivity index is 2.77. The van der Waals surface area contributed by atoms with Crippen LogP contribution < -0.4 is 10.2 Å². The zero-order chi connectivity index (χ0) is 14.4. The molecule has 19 heavy (non-hydrogen) atoms. The number of aryl methyl sites for hydroxylation is 1. The maximum absolute atomic E-state index is 11.7. The topological polar surface area (TPSA) is 58.6 Å². The second kappa shape index (κ2) is 7.13. The molecule has 0 aromatic heterocycles. The van der Waals surface area contributed by atoms with Gasteiger partial charge in [-0.1, -0.05) is 15.9 Å². The van der Waals surface area contributed by atoms with Crippen molar-refractivity contribution in [3.05, 3.63) is 28.2 Å². The van der Waals surface area contributed by atoms with Crippen LogP contribution in [0.3, 0.4) is 0 Å². The Morgan fingerprint density at radius 3 is 2.63 bits per heavy atom. The molecule has 1 aromatic rings. The lowest BCUT2D eigenvalue weighted by molar-refractivity contribution is -0.116. The maximum atomic E-state index is 11.7. The number of methoxy groups -OCH3 is 1. The van der Waals surface area contributed by atoms with Crippen molar-refractivity contribution in [2.75, 3.05) is 25.1 Å². The lowest BCUT2D eigenvalue weighted by Gasteiger charge is -2.23. The lowest BCUT2D eigenvalue weighted by atomic mass is 10.2. The highest BCUT2D eigenvalue weighted by atomic mass is 79.9. The number of anilines is 1. The van der Waals surface area contributed by atoms with Gasteiger partial charge < -0.3 is 15.0 Å². The standard InChI is InChI=1S/C13H17BrN2O3/c1-9-8-11(14)4-5-12(9)16(10(2)17)7-6-15-13(18)19-3/h4-5,8H,6-7H2,1-3H3,(H,15,18). The Morgan fingerprint density at radius 2 is 2.11 bits per heavy atom. The van der Waals surface area contributed by atoms with Gasteiger partial charge in [0.1, 0.15) is 0 Å². The molecule has 1 rings (SSSR count). The lowest BCUT2D eigenvalue weighted by Crippen LogP contribution is -2.37. The Hall–Kier alpha value is -1.56. The molecule has 2 amide bonds. The molecule has 0 saturated heterocycles. The normalized spacial score (nSPS) is 9.89. The van der Waals surface area contributed by atoms with Crippen molar-refractivity contribution < 1.29 is 14.3 Å². The van der Waals surface area contributed by atoms with E-state index in [4.69, 9.17) is 0 Å². The summed E-state index contributed by atoms with van der Waals surface area (Å²) in [6, 6.07) is 5.70. The summed E-state index contributed by atoms with van der Waals surface area (Å²) in [6.45, 7) is 4.16. The van der Waals surface area contributed by atoms with Gasteiger partial charge in [-0.3, -0.25) is 4.79 Å². The van der Waals surface area contributed by atoms with Crippen molar-refractivity contribution in [1.29, 1.82) is 0 Å². The van der Waals surface area contributed by atoms with E-state index in [-0.39, 0.29) is 5.91 Å². The summed E-state index contributed by atoms with van der Waals surface area (Å²) in [6.07, 6.45) is -0.504. The van der Waals surface area contributed by atoms with Crippen LogP contribution in [0.1, 0.15) is 12.5 Å². The van der Waals surface area contributed by atoms with E-state index in [0.29, 0.717) is 13.1 Å². The van der Waals surface area contributed by atoms with Crippen molar-refractivity contribution >= 4 is 33.6 Å². The molecule has 0 aliphatic carbocycles. The number of alkyl carbamates (subject to hydrolysis) is 1. The Bertz CT molecular complexity index is 477. The Kier molecular flexibility index (Phi) is 5.82. The van der Waals surface area contributed by atoms with Crippen molar-refractivity contribution in [3.63, 3.8) is 0 Å². The van der Waals surface area contributed by atoms with E-state index in [2.05, 4.69) is 26.0 Å². The highest BCUT2D eigenvalue weighted by Crippen LogP contribution is 2.23. The fourth-order valence-electron chi connectivity index (χ4n) is 1.71. The van der Waals surface area contributed by atoms with Crippen LogP contribution in [0.5, 0.6) is 0 Å². The summed E-state index contributed by atoms with van der Waals surface area (Å²) in [4.78, 5) is 24.3. The molecule has 0 atom stereocenters. The van der Waals surface area contributed by atoms with E-state index >= 15 is 0 Å². The molecule has 0 aliphatic rings. The fourth-order valence-corrected chi connectivity index (χ4v) is 2.19. The van der Waals surface area contributed by atoms with Gasteiger partial charge in [0.2, 0.25) is 5.91 Å². The molecule has 0 bridgehead atoms. The van der Waals surface area contributed by atoms with Gasteiger partial charge in [-0.15, -0.1) is 0 Å². The molecule has 0 radical (unpaired) electrons. The first-order chi connectivity index (χ1) is 8.95. The zero-order valence-corrected chi connectivity index (χ0v) is 12.8. The fraction of sp³-hybridized carbons (Fsp3) is 0.385. The van der Waals surface area contributed by atoms with E-state index in [1.807, 2.05) is 25.1 Å². The molecule has 0 unspecified atom stereocenters. The molecule has 0 fully saturated rings. The molecular weight excluding hydrogens is 312 g/mol. The summed E-state index contributed by atoms with van der Waals surface area (Å²) in [5.74, 6) is -0.0721. The van der Waals surface area contributed by atoms with Crippen LogP contribution in [0.25, 0.3) is 0 Å². The van der Waals surface area contributed by atoms with Crippen LogP contribution in [-0.4, -0.2) is 32.2 Å². The van der Waals surface area contributed by atoms with Crippen LogP contribution in [0.2, 0.25) is 0 Å². The quantitative estimate of drug-likeness (QED) is 0.923. The molecule has 6 heteroatoms. The first-order valence-corrected chi connectivity index (χ1v) is 6.61. The molecule has 1 N–H and O–H groups in total. The van der Waals surface area contributed by atoms with Gasteiger partial charge in [-0.25, -0.2) is 4.79 Å². The molecule has 5 nitrogen and oxygen atoms in total. The van der Waals surface area contributed by atoms with Gasteiger partial charge in [0.15, 0.2) is 0 Å². The first kappa shape index (κ1) is 15.5. The van der Waals surface area contributed by atoms with Gasteiger partial charge in [-0.2, -0.15) is 0 Å². The summed E-state index contributed by atoms with van der Waals surface area (Å²) in [7, 11) is 1.30. The zero-order valence-electron chi connectivity index (χ0n) is 11.2. The van der Waals surface area contributed by atoms with Crippen LogP contribution in [-0.2, 0) is 9.53 Å². The van der Waals surface area contributed by atoms with Gasteiger partial charge in [0, 0.05) is 30.2 Å². The summed E-state index contributed by atoms with van der Waals surface area (Å²) >= 11 is 3.39. The monoisotopic (exact) mass is 328 g/mol. The number of halogens is 1. The largest absolute Gasteiger partial charge is 0.453 e.